The zero-order valence-corrected chi connectivity index (χ0v) is 6.83. The fourth-order valence-corrected chi connectivity index (χ4v) is 0.882. The summed E-state index contributed by atoms with van der Waals surface area (Å²) in [7, 11) is 0. The monoisotopic (exact) mass is 147 g/mol. The van der Waals surface area contributed by atoms with Gasteiger partial charge in [-0.1, -0.05) is 37.3 Å². The van der Waals surface area contributed by atoms with Gasteiger partial charge in [-0.25, -0.2) is 0 Å². The summed E-state index contributed by atoms with van der Waals surface area (Å²) in [4.78, 5) is 4.24. The molecule has 0 amide bonds. The van der Waals surface area contributed by atoms with Crippen molar-refractivity contribution in [2.45, 2.75) is 19.9 Å². The van der Waals surface area contributed by atoms with E-state index >= 15 is 0 Å². The zero-order valence-electron chi connectivity index (χ0n) is 6.83. The van der Waals surface area contributed by atoms with Crippen molar-refractivity contribution in [3.05, 3.63) is 35.9 Å². The summed E-state index contributed by atoms with van der Waals surface area (Å²) in [6.45, 7) is 2.91. The molecule has 0 aromatic heterocycles. The molecule has 0 N–H and O–H groups in total. The zero-order chi connectivity index (χ0) is 7.94. The van der Waals surface area contributed by atoms with E-state index in [2.05, 4.69) is 24.0 Å². The van der Waals surface area contributed by atoms with Crippen LogP contribution in [0.4, 0.5) is 0 Å². The maximum absolute atomic E-state index is 4.24. The Kier molecular flexibility index (Phi) is 3.39. The van der Waals surface area contributed by atoms with E-state index in [0.717, 1.165) is 13.0 Å². The summed E-state index contributed by atoms with van der Waals surface area (Å²) < 4.78 is 0. The Balaban J connectivity index is 2.45. The van der Waals surface area contributed by atoms with Gasteiger partial charge < -0.3 is 0 Å². The molecule has 0 saturated carbocycles. The molecule has 0 unspecified atom stereocenters. The minimum absolute atomic E-state index is 0.814. The second-order valence-electron chi connectivity index (χ2n) is 2.42. The van der Waals surface area contributed by atoms with Gasteiger partial charge in [0.25, 0.3) is 0 Å². The molecule has 0 aliphatic heterocycles. The van der Waals surface area contributed by atoms with E-state index in [4.69, 9.17) is 0 Å². The maximum Gasteiger partial charge on any atom is 0.0635 e. The molecule has 0 bridgehead atoms. The number of hydrogen-bond donors (Lipinski definition) is 0. The van der Waals surface area contributed by atoms with Crippen molar-refractivity contribution in [1.29, 1.82) is 0 Å². The Morgan fingerprint density at radius 3 is 2.64 bits per heavy atom. The molecule has 1 aromatic carbocycles. The van der Waals surface area contributed by atoms with Crippen molar-refractivity contribution in [2.24, 2.45) is 4.99 Å². The van der Waals surface area contributed by atoms with Crippen molar-refractivity contribution >= 4 is 6.21 Å². The summed E-state index contributed by atoms with van der Waals surface area (Å²) in [5, 5.41) is 0. The van der Waals surface area contributed by atoms with Crippen LogP contribution < -0.4 is 0 Å². The van der Waals surface area contributed by atoms with E-state index in [-0.39, 0.29) is 0 Å². The second kappa shape index (κ2) is 4.67. The van der Waals surface area contributed by atoms with Crippen LogP contribution in [0.25, 0.3) is 0 Å². The van der Waals surface area contributed by atoms with Crippen LogP contribution >= 0.6 is 0 Å². The molecule has 0 heterocycles. The average molecular weight is 147 g/mol. The number of benzene rings is 1. The molecule has 0 saturated heterocycles. The molecule has 1 nitrogen and oxygen atoms in total. The lowest BCUT2D eigenvalue weighted by Gasteiger charge is -1.92. The molecule has 0 aliphatic rings. The van der Waals surface area contributed by atoms with E-state index in [1.54, 1.807) is 0 Å². The highest BCUT2D eigenvalue weighted by Gasteiger charge is 1.84. The average Bonchev–Trinajstić information content (AvgIpc) is 2.07. The summed E-state index contributed by atoms with van der Waals surface area (Å²) in [6, 6.07) is 10.3. The van der Waals surface area contributed by atoms with E-state index < -0.39 is 0 Å². The SMILES string of the molecule is CC/C=N/Cc1ccccc1. The van der Waals surface area contributed by atoms with Gasteiger partial charge in [-0.3, -0.25) is 4.99 Å². The van der Waals surface area contributed by atoms with Crippen LogP contribution in [0.15, 0.2) is 35.3 Å². The predicted octanol–water partition coefficient (Wildman–Crippen LogP) is 2.67. The van der Waals surface area contributed by atoms with Crippen LogP contribution in [0, 0.1) is 0 Å². The molecule has 0 spiro atoms. The van der Waals surface area contributed by atoms with Crippen LogP contribution in [-0.2, 0) is 6.54 Å². The smallest absolute Gasteiger partial charge is 0.0635 e. The van der Waals surface area contributed by atoms with Crippen LogP contribution in [-0.4, -0.2) is 6.21 Å². The van der Waals surface area contributed by atoms with Crippen LogP contribution in [0.5, 0.6) is 0 Å². The first kappa shape index (κ1) is 7.99. The van der Waals surface area contributed by atoms with Crippen molar-refractivity contribution in [3.63, 3.8) is 0 Å². The Hall–Kier alpha value is -1.11. The van der Waals surface area contributed by atoms with E-state index in [9.17, 15) is 0 Å². The van der Waals surface area contributed by atoms with E-state index in [0.29, 0.717) is 0 Å². The highest BCUT2D eigenvalue weighted by Crippen LogP contribution is 1.99. The molecular formula is C10H13N. The first-order chi connectivity index (χ1) is 5.43. The molecule has 1 rings (SSSR count). The highest BCUT2D eigenvalue weighted by molar-refractivity contribution is 5.56. The fraction of sp³-hybridized carbons (Fsp3) is 0.300. The quantitative estimate of drug-likeness (QED) is 0.583. The molecular weight excluding hydrogens is 134 g/mol. The Bertz CT molecular complexity index is 214. The third-order valence-corrected chi connectivity index (χ3v) is 1.43. The molecule has 0 atom stereocenters. The normalized spacial score (nSPS) is 10.6. The van der Waals surface area contributed by atoms with Gasteiger partial charge in [-0.05, 0) is 18.2 Å². The highest BCUT2D eigenvalue weighted by atomic mass is 14.7. The van der Waals surface area contributed by atoms with Crippen LogP contribution in [0.3, 0.4) is 0 Å². The third-order valence-electron chi connectivity index (χ3n) is 1.43. The Morgan fingerprint density at radius 1 is 1.27 bits per heavy atom. The van der Waals surface area contributed by atoms with Gasteiger partial charge in [0.05, 0.1) is 6.54 Å². The van der Waals surface area contributed by atoms with Crippen molar-refractivity contribution in [1.82, 2.24) is 0 Å². The van der Waals surface area contributed by atoms with Gasteiger partial charge in [0.2, 0.25) is 0 Å². The first-order valence-corrected chi connectivity index (χ1v) is 3.95. The van der Waals surface area contributed by atoms with Crippen LogP contribution in [0.2, 0.25) is 0 Å². The summed E-state index contributed by atoms with van der Waals surface area (Å²) >= 11 is 0. The topological polar surface area (TPSA) is 12.4 Å². The number of hydrogen-bond acceptors (Lipinski definition) is 1. The lowest BCUT2D eigenvalue weighted by molar-refractivity contribution is 1.06. The van der Waals surface area contributed by atoms with Gasteiger partial charge >= 0.3 is 0 Å². The summed E-state index contributed by atoms with van der Waals surface area (Å²) in [6.07, 6.45) is 2.97. The van der Waals surface area contributed by atoms with Gasteiger partial charge in [0.1, 0.15) is 0 Å². The molecule has 1 heteroatoms. The standard InChI is InChI=1S/C10H13N/c1-2-8-11-9-10-6-4-3-5-7-10/h3-8H,2,9H2,1H3/b11-8+. The maximum atomic E-state index is 4.24. The minimum atomic E-state index is 0.814. The molecule has 11 heavy (non-hydrogen) atoms. The summed E-state index contributed by atoms with van der Waals surface area (Å²) in [5.41, 5.74) is 1.28. The summed E-state index contributed by atoms with van der Waals surface area (Å²) in [5.74, 6) is 0. The van der Waals surface area contributed by atoms with Crippen LogP contribution in [0.1, 0.15) is 18.9 Å². The van der Waals surface area contributed by atoms with Crippen molar-refractivity contribution < 1.29 is 0 Å². The Labute approximate surface area is 67.8 Å². The van der Waals surface area contributed by atoms with Gasteiger partial charge in [0.15, 0.2) is 0 Å². The second-order valence-corrected chi connectivity index (χ2v) is 2.42. The van der Waals surface area contributed by atoms with E-state index in [1.807, 2.05) is 24.4 Å². The molecule has 58 valence electrons. The van der Waals surface area contributed by atoms with Crippen molar-refractivity contribution in [2.75, 3.05) is 0 Å². The predicted molar refractivity (Wildman–Crippen MR) is 48.9 cm³/mol. The molecule has 0 fully saturated rings. The molecule has 1 aromatic rings. The van der Waals surface area contributed by atoms with Gasteiger partial charge in [0, 0.05) is 0 Å². The number of rotatable bonds is 3. The van der Waals surface area contributed by atoms with E-state index in [1.165, 1.54) is 5.56 Å². The molecule has 0 aliphatic carbocycles. The van der Waals surface area contributed by atoms with Gasteiger partial charge in [-0.2, -0.15) is 0 Å². The van der Waals surface area contributed by atoms with Gasteiger partial charge in [-0.15, -0.1) is 0 Å². The fourth-order valence-electron chi connectivity index (χ4n) is 0.882. The number of aliphatic imine (C=N–C) groups is 1. The third kappa shape index (κ3) is 2.99. The number of nitrogens with zero attached hydrogens (tertiary/aromatic N) is 1. The minimum Gasteiger partial charge on any atom is -0.293 e. The molecule has 0 radical (unpaired) electrons. The Morgan fingerprint density at radius 2 is 2.00 bits per heavy atom. The first-order valence-electron chi connectivity index (χ1n) is 3.95. The van der Waals surface area contributed by atoms with Crippen molar-refractivity contribution in [3.8, 4) is 0 Å². The lowest BCUT2D eigenvalue weighted by Crippen LogP contribution is -1.79. The lowest BCUT2D eigenvalue weighted by atomic mass is 10.2. The largest absolute Gasteiger partial charge is 0.293 e.